The van der Waals surface area contributed by atoms with E-state index in [1.807, 2.05) is 0 Å². The van der Waals surface area contributed by atoms with Gasteiger partial charge in [0.15, 0.2) is 0 Å². The Labute approximate surface area is 130 Å². The molecule has 3 rings (SSSR count). The molecule has 3 aliphatic rings. The van der Waals surface area contributed by atoms with Gasteiger partial charge in [0.2, 0.25) is 0 Å². The van der Waals surface area contributed by atoms with Crippen LogP contribution in [0.15, 0.2) is 0 Å². The summed E-state index contributed by atoms with van der Waals surface area (Å²) in [6.07, 6.45) is 12.0. The first-order chi connectivity index (χ1) is 10.3. The van der Waals surface area contributed by atoms with Crippen LogP contribution in [0.1, 0.15) is 64.7 Å². The maximum Gasteiger partial charge on any atom is 0.0685 e. The summed E-state index contributed by atoms with van der Waals surface area (Å²) >= 11 is 0. The molecule has 1 spiro atoms. The highest BCUT2D eigenvalue weighted by molar-refractivity contribution is 4.96. The molecule has 0 aromatic rings. The Morgan fingerprint density at radius 1 is 1.14 bits per heavy atom. The van der Waals surface area contributed by atoms with E-state index in [9.17, 15) is 0 Å². The fourth-order valence-corrected chi connectivity index (χ4v) is 5.21. The average molecular weight is 295 g/mol. The third kappa shape index (κ3) is 3.30. The quantitative estimate of drug-likeness (QED) is 0.861. The summed E-state index contributed by atoms with van der Waals surface area (Å²) in [6.45, 7) is 4.19. The minimum atomic E-state index is 0.220. The Balaban J connectivity index is 1.68. The van der Waals surface area contributed by atoms with E-state index in [4.69, 9.17) is 9.47 Å². The van der Waals surface area contributed by atoms with Crippen LogP contribution in [0.5, 0.6) is 0 Å². The maximum atomic E-state index is 6.29. The summed E-state index contributed by atoms with van der Waals surface area (Å²) in [5.74, 6) is 1.46. The first-order valence-corrected chi connectivity index (χ1v) is 9.21. The molecule has 21 heavy (non-hydrogen) atoms. The van der Waals surface area contributed by atoms with Gasteiger partial charge in [0.05, 0.1) is 11.7 Å². The topological polar surface area (TPSA) is 30.5 Å². The van der Waals surface area contributed by atoms with Crippen LogP contribution in [0.4, 0.5) is 0 Å². The zero-order chi connectivity index (χ0) is 14.7. The van der Waals surface area contributed by atoms with Gasteiger partial charge < -0.3 is 14.8 Å². The summed E-state index contributed by atoms with van der Waals surface area (Å²) in [7, 11) is 2.15. The van der Waals surface area contributed by atoms with E-state index in [-0.39, 0.29) is 5.60 Å². The molecule has 3 fully saturated rings. The second kappa shape index (κ2) is 6.97. The van der Waals surface area contributed by atoms with Crippen molar-refractivity contribution in [2.45, 2.75) is 82.5 Å². The second-order valence-electron chi connectivity index (χ2n) is 7.43. The van der Waals surface area contributed by atoms with Crippen molar-refractivity contribution in [3.8, 4) is 0 Å². The van der Waals surface area contributed by atoms with E-state index in [1.165, 1.54) is 51.4 Å². The Kier molecular flexibility index (Phi) is 5.23. The molecule has 1 aliphatic carbocycles. The summed E-state index contributed by atoms with van der Waals surface area (Å²) in [4.78, 5) is 0. The third-order valence-electron chi connectivity index (χ3n) is 6.26. The molecule has 0 amide bonds. The lowest BCUT2D eigenvalue weighted by Crippen LogP contribution is -2.50. The molecule has 3 heteroatoms. The van der Waals surface area contributed by atoms with E-state index >= 15 is 0 Å². The largest absolute Gasteiger partial charge is 0.378 e. The van der Waals surface area contributed by atoms with Crippen molar-refractivity contribution in [3.05, 3.63) is 0 Å². The van der Waals surface area contributed by atoms with Gasteiger partial charge in [-0.3, -0.25) is 0 Å². The molecule has 1 N–H and O–H groups in total. The molecule has 0 aromatic carbocycles. The average Bonchev–Trinajstić information content (AvgIpc) is 2.97. The lowest BCUT2D eigenvalue weighted by atomic mass is 9.71. The summed E-state index contributed by atoms with van der Waals surface area (Å²) in [5.41, 5.74) is 0.220. The van der Waals surface area contributed by atoms with Crippen LogP contribution < -0.4 is 5.32 Å². The highest BCUT2D eigenvalue weighted by Crippen LogP contribution is 2.43. The zero-order valence-electron chi connectivity index (χ0n) is 13.9. The van der Waals surface area contributed by atoms with E-state index in [2.05, 4.69) is 19.3 Å². The van der Waals surface area contributed by atoms with Gasteiger partial charge in [0.25, 0.3) is 0 Å². The van der Waals surface area contributed by atoms with Crippen molar-refractivity contribution in [2.24, 2.45) is 11.8 Å². The summed E-state index contributed by atoms with van der Waals surface area (Å²) in [6, 6.07) is 0.611. The van der Waals surface area contributed by atoms with Crippen LogP contribution in [-0.2, 0) is 9.47 Å². The molecule has 2 aliphatic heterocycles. The summed E-state index contributed by atoms with van der Waals surface area (Å²) in [5, 5.41) is 3.66. The van der Waals surface area contributed by atoms with Crippen LogP contribution in [0.3, 0.4) is 0 Å². The number of rotatable bonds is 4. The monoisotopic (exact) mass is 295 g/mol. The van der Waals surface area contributed by atoms with Gasteiger partial charge in [-0.05, 0) is 51.5 Å². The standard InChI is InChI=1S/C18H33NO2/c1-3-16-15(8-11-20-16)17(19-2)14-7-12-21-18(13-14)9-5-4-6-10-18/h14-17,19H,3-13H2,1-2H3. The molecule has 122 valence electrons. The lowest BCUT2D eigenvalue weighted by Gasteiger charge is -2.47. The molecule has 0 bridgehead atoms. The Bertz CT molecular complexity index is 322. The minimum absolute atomic E-state index is 0.220. The minimum Gasteiger partial charge on any atom is -0.378 e. The van der Waals surface area contributed by atoms with Crippen LogP contribution in [0.2, 0.25) is 0 Å². The maximum absolute atomic E-state index is 6.29. The Hall–Kier alpha value is -0.120. The van der Waals surface area contributed by atoms with E-state index in [0.717, 1.165) is 25.6 Å². The normalized spacial score (nSPS) is 37.7. The fourth-order valence-electron chi connectivity index (χ4n) is 5.21. The van der Waals surface area contributed by atoms with Gasteiger partial charge in [0, 0.05) is 25.2 Å². The van der Waals surface area contributed by atoms with Gasteiger partial charge in [-0.2, -0.15) is 0 Å². The third-order valence-corrected chi connectivity index (χ3v) is 6.26. The summed E-state index contributed by atoms with van der Waals surface area (Å²) < 4.78 is 12.2. The molecule has 2 heterocycles. The molecule has 4 atom stereocenters. The molecule has 0 aromatic heterocycles. The molecule has 4 unspecified atom stereocenters. The van der Waals surface area contributed by atoms with Crippen molar-refractivity contribution in [1.82, 2.24) is 5.32 Å². The van der Waals surface area contributed by atoms with Crippen molar-refractivity contribution >= 4 is 0 Å². The van der Waals surface area contributed by atoms with Crippen molar-refractivity contribution in [2.75, 3.05) is 20.3 Å². The first kappa shape index (κ1) is 15.8. The number of nitrogens with one attached hydrogen (secondary N) is 1. The lowest BCUT2D eigenvalue weighted by molar-refractivity contribution is -0.125. The predicted octanol–water partition coefficient (Wildman–Crippen LogP) is 3.52. The number of hydrogen-bond acceptors (Lipinski definition) is 3. The van der Waals surface area contributed by atoms with E-state index < -0.39 is 0 Å². The highest BCUT2D eigenvalue weighted by atomic mass is 16.5. The molecular formula is C18H33NO2. The molecule has 1 saturated carbocycles. The fraction of sp³-hybridized carbons (Fsp3) is 1.00. The van der Waals surface area contributed by atoms with Crippen molar-refractivity contribution in [3.63, 3.8) is 0 Å². The van der Waals surface area contributed by atoms with Crippen LogP contribution in [0.25, 0.3) is 0 Å². The van der Waals surface area contributed by atoms with Crippen LogP contribution in [0, 0.1) is 11.8 Å². The van der Waals surface area contributed by atoms with Gasteiger partial charge >= 0.3 is 0 Å². The SMILES string of the molecule is CCC1OCCC1C(NC)C1CCOC2(CCCCC2)C1. The molecule has 0 radical (unpaired) electrons. The van der Waals surface area contributed by atoms with Gasteiger partial charge in [-0.15, -0.1) is 0 Å². The van der Waals surface area contributed by atoms with E-state index in [0.29, 0.717) is 18.1 Å². The molecule has 2 saturated heterocycles. The Morgan fingerprint density at radius 3 is 2.67 bits per heavy atom. The zero-order valence-corrected chi connectivity index (χ0v) is 13.9. The van der Waals surface area contributed by atoms with Crippen LogP contribution in [-0.4, -0.2) is 38.0 Å². The predicted molar refractivity (Wildman–Crippen MR) is 85.5 cm³/mol. The van der Waals surface area contributed by atoms with Crippen molar-refractivity contribution < 1.29 is 9.47 Å². The molecular weight excluding hydrogens is 262 g/mol. The first-order valence-electron chi connectivity index (χ1n) is 9.21. The van der Waals surface area contributed by atoms with Gasteiger partial charge in [0.1, 0.15) is 0 Å². The van der Waals surface area contributed by atoms with E-state index in [1.54, 1.807) is 0 Å². The Morgan fingerprint density at radius 2 is 1.95 bits per heavy atom. The number of ether oxygens (including phenoxy) is 2. The highest BCUT2D eigenvalue weighted by Gasteiger charge is 2.44. The van der Waals surface area contributed by atoms with Crippen molar-refractivity contribution in [1.29, 1.82) is 0 Å². The number of hydrogen-bond donors (Lipinski definition) is 1. The second-order valence-corrected chi connectivity index (χ2v) is 7.43. The molecule has 3 nitrogen and oxygen atoms in total. The smallest absolute Gasteiger partial charge is 0.0685 e. The van der Waals surface area contributed by atoms with Gasteiger partial charge in [-0.25, -0.2) is 0 Å². The van der Waals surface area contributed by atoms with Gasteiger partial charge in [-0.1, -0.05) is 26.2 Å². The van der Waals surface area contributed by atoms with Crippen LogP contribution >= 0.6 is 0 Å².